The van der Waals surface area contributed by atoms with Crippen LogP contribution in [0.5, 0.6) is 0 Å². The Kier molecular flexibility index (Phi) is 7.39. The first-order chi connectivity index (χ1) is 3.66. The third-order valence-corrected chi connectivity index (χ3v) is 0.621. The Morgan fingerprint density at radius 1 is 1.44 bits per heavy atom. The van der Waals surface area contributed by atoms with Gasteiger partial charge in [0.1, 0.15) is 12.2 Å². The van der Waals surface area contributed by atoms with Crippen molar-refractivity contribution in [2.24, 2.45) is 0 Å². The summed E-state index contributed by atoms with van der Waals surface area (Å²) in [7, 11) is 1.26. The van der Waals surface area contributed by atoms with E-state index in [1.165, 1.54) is 14.0 Å². The first kappa shape index (κ1) is 11.5. The van der Waals surface area contributed by atoms with Crippen LogP contribution in [0.25, 0.3) is 0 Å². The molecule has 9 heavy (non-hydrogen) atoms. The van der Waals surface area contributed by atoms with E-state index in [4.69, 9.17) is 0 Å². The van der Waals surface area contributed by atoms with Gasteiger partial charge in [0, 0.05) is 0 Å². The van der Waals surface area contributed by atoms with Crippen LogP contribution in [0, 0.1) is 0 Å². The minimum Gasteiger partial charge on any atom is -0.469 e. The molecule has 0 spiro atoms. The minimum absolute atomic E-state index is 0. The lowest BCUT2D eigenvalue weighted by Crippen LogP contribution is -2.05. The number of ketones is 1. The van der Waals surface area contributed by atoms with Crippen molar-refractivity contribution in [2.45, 2.75) is 13.3 Å². The van der Waals surface area contributed by atoms with Crippen molar-refractivity contribution in [2.75, 3.05) is 7.11 Å². The van der Waals surface area contributed by atoms with Gasteiger partial charge in [-0.15, -0.1) is 0 Å². The summed E-state index contributed by atoms with van der Waals surface area (Å²) in [6, 6.07) is 0. The maximum atomic E-state index is 10.2. The van der Waals surface area contributed by atoms with E-state index in [0.29, 0.717) is 0 Å². The molecule has 0 bridgehead atoms. The molecule has 52 valence electrons. The highest BCUT2D eigenvalue weighted by Gasteiger charge is 2.01. The van der Waals surface area contributed by atoms with Crippen LogP contribution in [-0.2, 0) is 14.3 Å². The van der Waals surface area contributed by atoms with Crippen molar-refractivity contribution in [3.05, 3.63) is 0 Å². The Morgan fingerprint density at radius 2 is 1.89 bits per heavy atom. The van der Waals surface area contributed by atoms with E-state index >= 15 is 0 Å². The summed E-state index contributed by atoms with van der Waals surface area (Å²) < 4.78 is 4.20. The second-order valence-corrected chi connectivity index (χ2v) is 1.45. The molecule has 0 heterocycles. The predicted molar refractivity (Wildman–Crippen MR) is 37.3 cm³/mol. The fourth-order valence-electron chi connectivity index (χ4n) is 0.275. The maximum absolute atomic E-state index is 10.2. The van der Waals surface area contributed by atoms with Gasteiger partial charge < -0.3 is 4.74 Å². The number of carbonyl (C=O) groups is 2. The fraction of sp³-hybridized carbons (Fsp3) is 0.600. The molecule has 0 aromatic rings. The van der Waals surface area contributed by atoms with Gasteiger partial charge in [-0.3, -0.25) is 9.59 Å². The van der Waals surface area contributed by atoms with Gasteiger partial charge in [-0.2, -0.15) is 0 Å². The van der Waals surface area contributed by atoms with Crippen LogP contribution in [0.3, 0.4) is 0 Å². The first-order valence-electron chi connectivity index (χ1n) is 2.23. The first-order valence-corrected chi connectivity index (χ1v) is 2.23. The quantitative estimate of drug-likeness (QED) is 0.284. The molecule has 4 heteroatoms. The lowest BCUT2D eigenvalue weighted by atomic mass is 10.3. The normalized spacial score (nSPS) is 7.33. The average molecular weight is 146 g/mol. The van der Waals surface area contributed by atoms with Gasteiger partial charge in [0.25, 0.3) is 0 Å². The molecule has 3 nitrogen and oxygen atoms in total. The summed E-state index contributed by atoms with van der Waals surface area (Å²) in [5.74, 6) is -0.644. The van der Waals surface area contributed by atoms with Crippen molar-refractivity contribution in [1.82, 2.24) is 0 Å². The summed E-state index contributed by atoms with van der Waals surface area (Å²) in [6.45, 7) is 1.34. The lowest BCUT2D eigenvalue weighted by Gasteiger charge is -1.90. The molecule has 0 unspecified atom stereocenters. The van der Waals surface area contributed by atoms with Gasteiger partial charge in [-0.25, -0.2) is 0 Å². The molecule has 0 amide bonds. The van der Waals surface area contributed by atoms with E-state index in [9.17, 15) is 9.59 Å². The average Bonchev–Trinajstić information content (AvgIpc) is 1.65. The van der Waals surface area contributed by atoms with Crippen LogP contribution in [0.4, 0.5) is 0 Å². The van der Waals surface area contributed by atoms with Crippen molar-refractivity contribution in [3.63, 3.8) is 0 Å². The topological polar surface area (TPSA) is 43.4 Å². The molecule has 0 aliphatic rings. The van der Waals surface area contributed by atoms with Crippen LogP contribution in [0.1, 0.15) is 13.3 Å². The highest BCUT2D eigenvalue weighted by Crippen LogP contribution is 1.83. The molecule has 0 aromatic heterocycles. The largest absolute Gasteiger partial charge is 0.469 e. The SMILES string of the molecule is COC(=O)CC(C)=O.[AlH3]. The molecule has 0 aromatic carbocycles. The number of methoxy groups -OCH3 is 1. The number of esters is 1. The van der Waals surface area contributed by atoms with Crippen molar-refractivity contribution >= 4 is 29.1 Å². The zero-order valence-corrected chi connectivity index (χ0v) is 4.93. The van der Waals surface area contributed by atoms with Crippen LogP contribution >= 0.6 is 0 Å². The molecule has 0 N–H and O–H groups in total. The minimum atomic E-state index is -0.475. The number of rotatable bonds is 2. The second kappa shape index (κ2) is 5.80. The van der Waals surface area contributed by atoms with Crippen LogP contribution in [0.2, 0.25) is 0 Å². The molecule has 0 aliphatic heterocycles. The Bertz CT molecular complexity index is 111. The molecule has 0 saturated carbocycles. The summed E-state index contributed by atoms with van der Waals surface area (Å²) >= 11 is 0. The molecule has 0 saturated heterocycles. The summed E-state index contributed by atoms with van der Waals surface area (Å²) in [5.41, 5.74) is 0. The van der Waals surface area contributed by atoms with Gasteiger partial charge in [-0.1, -0.05) is 0 Å². The van der Waals surface area contributed by atoms with Crippen molar-refractivity contribution in [1.29, 1.82) is 0 Å². The number of carbonyl (C=O) groups excluding carboxylic acids is 2. The molecule has 0 atom stereocenters. The highest BCUT2D eigenvalue weighted by molar-refractivity contribution is 5.93. The van der Waals surface area contributed by atoms with E-state index in [2.05, 4.69) is 4.74 Å². The number of Topliss-reactive ketones (excluding diaryl/α,β-unsaturated/α-hetero) is 1. The smallest absolute Gasteiger partial charge is 0.313 e. The van der Waals surface area contributed by atoms with Gasteiger partial charge in [0.05, 0.1) is 7.11 Å². The lowest BCUT2D eigenvalue weighted by molar-refractivity contribution is -0.142. The molecule has 0 aliphatic carbocycles. The summed E-state index contributed by atoms with van der Waals surface area (Å²) in [6.07, 6.45) is -0.115. The molecular formula is C5H11AlO3. The third-order valence-electron chi connectivity index (χ3n) is 0.621. The second-order valence-electron chi connectivity index (χ2n) is 1.45. The van der Waals surface area contributed by atoms with Gasteiger partial charge in [-0.05, 0) is 6.92 Å². The van der Waals surface area contributed by atoms with Gasteiger partial charge in [0.2, 0.25) is 0 Å². The van der Waals surface area contributed by atoms with Crippen LogP contribution < -0.4 is 0 Å². The molecular weight excluding hydrogens is 135 g/mol. The molecule has 0 fully saturated rings. The van der Waals surface area contributed by atoms with E-state index in [1.54, 1.807) is 0 Å². The van der Waals surface area contributed by atoms with Crippen LogP contribution in [0.15, 0.2) is 0 Å². The van der Waals surface area contributed by atoms with E-state index in [-0.39, 0.29) is 29.6 Å². The Morgan fingerprint density at radius 3 is 2.00 bits per heavy atom. The van der Waals surface area contributed by atoms with Gasteiger partial charge in [0.15, 0.2) is 17.4 Å². The number of hydrogen-bond acceptors (Lipinski definition) is 3. The Balaban J connectivity index is 0. The highest BCUT2D eigenvalue weighted by atomic mass is 27.0. The number of hydrogen-bond donors (Lipinski definition) is 0. The van der Waals surface area contributed by atoms with E-state index < -0.39 is 5.97 Å². The summed E-state index contributed by atoms with van der Waals surface area (Å²) in [5, 5.41) is 0. The number of ether oxygens (including phenoxy) is 1. The van der Waals surface area contributed by atoms with Crippen molar-refractivity contribution < 1.29 is 14.3 Å². The Hall–Kier alpha value is -0.328. The van der Waals surface area contributed by atoms with Crippen molar-refractivity contribution in [3.8, 4) is 0 Å². The Labute approximate surface area is 64.5 Å². The van der Waals surface area contributed by atoms with Gasteiger partial charge >= 0.3 is 5.97 Å². The summed E-state index contributed by atoms with van der Waals surface area (Å²) in [4.78, 5) is 20.3. The van der Waals surface area contributed by atoms with E-state index in [0.717, 1.165) is 0 Å². The maximum Gasteiger partial charge on any atom is 0.313 e. The zero-order valence-electron chi connectivity index (χ0n) is 4.93. The fourth-order valence-corrected chi connectivity index (χ4v) is 0.275. The monoisotopic (exact) mass is 146 g/mol. The zero-order chi connectivity index (χ0) is 6.57. The van der Waals surface area contributed by atoms with Crippen LogP contribution in [-0.4, -0.2) is 36.2 Å². The predicted octanol–water partition coefficient (Wildman–Crippen LogP) is -1.05. The standard InChI is InChI=1S/C5H8O3.Al.3H/c1-4(6)3-5(7)8-2;;;;/h3H2,1-2H3;;;;. The third kappa shape index (κ3) is 7.67. The molecule has 0 radical (unpaired) electrons. The van der Waals surface area contributed by atoms with E-state index in [1.807, 2.05) is 0 Å². The molecule has 0 rings (SSSR count).